The molecule has 3 aromatic rings. The number of carbonyl (C=O) groups excluding carboxylic acids is 1. The van der Waals surface area contributed by atoms with Gasteiger partial charge in [0.1, 0.15) is 17.3 Å². The van der Waals surface area contributed by atoms with Crippen LogP contribution in [0.4, 0.5) is 8.78 Å². The summed E-state index contributed by atoms with van der Waals surface area (Å²) in [5.41, 5.74) is 3.58. The van der Waals surface area contributed by atoms with Gasteiger partial charge in [-0.1, -0.05) is 24.3 Å². The molecule has 0 bridgehead atoms. The Morgan fingerprint density at radius 1 is 1.10 bits per heavy atom. The van der Waals surface area contributed by atoms with Gasteiger partial charge in [0.25, 0.3) is 0 Å². The van der Waals surface area contributed by atoms with Gasteiger partial charge in [-0.3, -0.25) is 4.79 Å². The summed E-state index contributed by atoms with van der Waals surface area (Å²) in [5.74, 6) is -0.632. The molecule has 4 nitrogen and oxygen atoms in total. The molecule has 6 heteroatoms. The second kappa shape index (κ2) is 7.78. The molecule has 4 rings (SSSR count). The fourth-order valence-electron chi connectivity index (χ4n) is 3.64. The maximum atomic E-state index is 14.2. The van der Waals surface area contributed by atoms with E-state index in [0.29, 0.717) is 12.2 Å². The SMILES string of the molecule is Cc1nn(-c2ccccc2F)c(C)c1CC(=O)N(Cc1ccc(F)cc1)C1CC1. The van der Waals surface area contributed by atoms with Crippen LogP contribution in [0.3, 0.4) is 0 Å². The smallest absolute Gasteiger partial charge is 0.227 e. The maximum absolute atomic E-state index is 14.2. The molecule has 0 atom stereocenters. The summed E-state index contributed by atoms with van der Waals surface area (Å²) in [4.78, 5) is 15.0. The van der Waals surface area contributed by atoms with Crippen LogP contribution in [-0.4, -0.2) is 26.6 Å². The van der Waals surface area contributed by atoms with Crippen LogP contribution in [0.15, 0.2) is 48.5 Å². The number of benzene rings is 2. The van der Waals surface area contributed by atoms with Crippen molar-refractivity contribution in [2.75, 3.05) is 0 Å². The van der Waals surface area contributed by atoms with E-state index in [4.69, 9.17) is 0 Å². The third-order valence-electron chi connectivity index (χ3n) is 5.42. The van der Waals surface area contributed by atoms with Gasteiger partial charge in [-0.25, -0.2) is 13.5 Å². The molecule has 150 valence electrons. The largest absolute Gasteiger partial charge is 0.335 e. The molecule has 29 heavy (non-hydrogen) atoms. The molecule has 1 aliphatic rings. The van der Waals surface area contributed by atoms with Crippen molar-refractivity contribution in [1.82, 2.24) is 14.7 Å². The molecule has 0 unspecified atom stereocenters. The predicted octanol–water partition coefficient (Wildman–Crippen LogP) is 4.50. The number of amides is 1. The van der Waals surface area contributed by atoms with Crippen LogP contribution in [0.1, 0.15) is 35.4 Å². The van der Waals surface area contributed by atoms with Gasteiger partial charge in [0, 0.05) is 23.8 Å². The van der Waals surface area contributed by atoms with E-state index < -0.39 is 0 Å². The van der Waals surface area contributed by atoms with Crippen molar-refractivity contribution in [3.8, 4) is 5.69 Å². The zero-order valence-corrected chi connectivity index (χ0v) is 16.5. The summed E-state index contributed by atoms with van der Waals surface area (Å²) in [6, 6.07) is 13.0. The van der Waals surface area contributed by atoms with E-state index in [9.17, 15) is 13.6 Å². The normalized spacial score (nSPS) is 13.5. The van der Waals surface area contributed by atoms with Crippen LogP contribution < -0.4 is 0 Å². The summed E-state index contributed by atoms with van der Waals surface area (Å²) in [5, 5.41) is 4.47. The Kier molecular flexibility index (Phi) is 5.18. The van der Waals surface area contributed by atoms with Crippen molar-refractivity contribution in [1.29, 1.82) is 0 Å². The van der Waals surface area contributed by atoms with Gasteiger partial charge in [0.2, 0.25) is 5.91 Å². The molecular formula is C23H23F2N3O. The Morgan fingerprint density at radius 2 is 1.79 bits per heavy atom. The second-order valence-corrected chi connectivity index (χ2v) is 7.57. The third kappa shape index (κ3) is 4.06. The molecule has 1 amide bonds. The second-order valence-electron chi connectivity index (χ2n) is 7.57. The van der Waals surface area contributed by atoms with E-state index in [2.05, 4.69) is 5.10 Å². The number of aryl methyl sites for hydroxylation is 1. The number of hydrogen-bond acceptors (Lipinski definition) is 2. The van der Waals surface area contributed by atoms with Crippen molar-refractivity contribution in [2.45, 2.75) is 45.7 Å². The van der Waals surface area contributed by atoms with Crippen LogP contribution in [0.2, 0.25) is 0 Å². The zero-order chi connectivity index (χ0) is 20.5. The van der Waals surface area contributed by atoms with Gasteiger partial charge in [0.15, 0.2) is 0 Å². The number of hydrogen-bond donors (Lipinski definition) is 0. The Labute approximate surface area is 168 Å². The zero-order valence-electron chi connectivity index (χ0n) is 16.5. The number of para-hydroxylation sites is 1. The highest BCUT2D eigenvalue weighted by atomic mass is 19.1. The lowest BCUT2D eigenvalue weighted by molar-refractivity contribution is -0.131. The van der Waals surface area contributed by atoms with Gasteiger partial charge in [-0.15, -0.1) is 0 Å². The summed E-state index contributed by atoms with van der Waals surface area (Å²) in [6.07, 6.45) is 2.18. The highest BCUT2D eigenvalue weighted by molar-refractivity contribution is 5.80. The Morgan fingerprint density at radius 3 is 2.45 bits per heavy atom. The Hall–Kier alpha value is -3.02. The standard InChI is InChI=1S/C23H23F2N3O/c1-15-20(16(2)28(26-15)22-6-4-3-5-21(22)25)13-23(29)27(19-11-12-19)14-17-7-9-18(24)10-8-17/h3-10,19H,11-14H2,1-2H3. The Balaban J connectivity index is 1.57. The van der Waals surface area contributed by atoms with Gasteiger partial charge >= 0.3 is 0 Å². The summed E-state index contributed by atoms with van der Waals surface area (Å²) < 4.78 is 29.0. The molecule has 2 aromatic carbocycles. The average molecular weight is 395 g/mol. The first-order chi connectivity index (χ1) is 13.9. The number of aromatic nitrogens is 2. The van der Waals surface area contributed by atoms with Crippen LogP contribution in [-0.2, 0) is 17.8 Å². The van der Waals surface area contributed by atoms with Crippen molar-refractivity contribution in [3.05, 3.63) is 82.7 Å². The molecular weight excluding hydrogens is 372 g/mol. The molecule has 1 fully saturated rings. The molecule has 1 aromatic heterocycles. The topological polar surface area (TPSA) is 38.1 Å². The molecule has 1 heterocycles. The highest BCUT2D eigenvalue weighted by Gasteiger charge is 2.33. The van der Waals surface area contributed by atoms with E-state index in [1.807, 2.05) is 18.7 Å². The first kappa shape index (κ1) is 19.3. The lowest BCUT2D eigenvalue weighted by atomic mass is 10.1. The average Bonchev–Trinajstić information content (AvgIpc) is 3.50. The summed E-state index contributed by atoms with van der Waals surface area (Å²) >= 11 is 0. The summed E-state index contributed by atoms with van der Waals surface area (Å²) in [7, 11) is 0. The van der Waals surface area contributed by atoms with Crippen LogP contribution in [0.25, 0.3) is 5.69 Å². The van der Waals surface area contributed by atoms with Crippen LogP contribution >= 0.6 is 0 Å². The summed E-state index contributed by atoms with van der Waals surface area (Å²) in [6.45, 7) is 4.16. The van der Waals surface area contributed by atoms with Crippen molar-refractivity contribution >= 4 is 5.91 Å². The Bertz CT molecular complexity index is 1040. The number of nitrogens with zero attached hydrogens (tertiary/aromatic N) is 3. The number of rotatable bonds is 6. The lowest BCUT2D eigenvalue weighted by Gasteiger charge is -2.23. The quantitative estimate of drug-likeness (QED) is 0.616. The minimum absolute atomic E-state index is 0.0103. The molecule has 1 aliphatic carbocycles. The first-order valence-electron chi connectivity index (χ1n) is 9.78. The van der Waals surface area contributed by atoms with Crippen LogP contribution in [0.5, 0.6) is 0 Å². The highest BCUT2D eigenvalue weighted by Crippen LogP contribution is 2.30. The maximum Gasteiger partial charge on any atom is 0.227 e. The fourth-order valence-corrected chi connectivity index (χ4v) is 3.64. The van der Waals surface area contributed by atoms with Crippen molar-refractivity contribution < 1.29 is 13.6 Å². The number of carbonyl (C=O) groups is 1. The molecule has 0 N–H and O–H groups in total. The van der Waals surface area contributed by atoms with E-state index in [1.54, 1.807) is 35.0 Å². The minimum Gasteiger partial charge on any atom is -0.335 e. The monoisotopic (exact) mass is 395 g/mol. The lowest BCUT2D eigenvalue weighted by Crippen LogP contribution is -2.34. The van der Waals surface area contributed by atoms with Gasteiger partial charge in [-0.2, -0.15) is 5.10 Å². The van der Waals surface area contributed by atoms with Gasteiger partial charge in [0.05, 0.1) is 12.1 Å². The minimum atomic E-state index is -0.355. The van der Waals surface area contributed by atoms with Crippen molar-refractivity contribution in [2.24, 2.45) is 0 Å². The van der Waals surface area contributed by atoms with Crippen molar-refractivity contribution in [3.63, 3.8) is 0 Å². The predicted molar refractivity (Wildman–Crippen MR) is 107 cm³/mol. The molecule has 1 saturated carbocycles. The molecule has 0 aliphatic heterocycles. The first-order valence-corrected chi connectivity index (χ1v) is 9.78. The van der Waals surface area contributed by atoms with Gasteiger partial charge in [-0.05, 0) is 56.5 Å². The van der Waals surface area contributed by atoms with Gasteiger partial charge < -0.3 is 4.90 Å². The number of halogens is 2. The van der Waals surface area contributed by atoms with Crippen LogP contribution in [0, 0.1) is 25.5 Å². The van der Waals surface area contributed by atoms with E-state index in [-0.39, 0.29) is 30.0 Å². The molecule has 0 radical (unpaired) electrons. The third-order valence-corrected chi connectivity index (χ3v) is 5.42. The fraction of sp³-hybridized carbons (Fsp3) is 0.304. The van der Waals surface area contributed by atoms with E-state index >= 15 is 0 Å². The molecule has 0 saturated heterocycles. The van der Waals surface area contributed by atoms with E-state index in [0.717, 1.165) is 35.4 Å². The van der Waals surface area contributed by atoms with E-state index in [1.165, 1.54) is 18.2 Å². The molecule has 0 spiro atoms.